The number of rotatable bonds is 8. The van der Waals surface area contributed by atoms with Crippen LogP contribution in [-0.4, -0.2) is 28.9 Å². The van der Waals surface area contributed by atoms with Gasteiger partial charge in [0, 0.05) is 22.3 Å². The summed E-state index contributed by atoms with van der Waals surface area (Å²) in [5.41, 5.74) is 2.44. The third-order valence-corrected chi connectivity index (χ3v) is 4.48. The van der Waals surface area contributed by atoms with Crippen LogP contribution >= 0.6 is 11.6 Å². The van der Waals surface area contributed by atoms with Gasteiger partial charge in [-0.1, -0.05) is 23.7 Å². The van der Waals surface area contributed by atoms with Crippen molar-refractivity contribution in [3.8, 4) is 11.5 Å². The normalized spacial score (nSPS) is 10.6. The summed E-state index contributed by atoms with van der Waals surface area (Å²) in [5, 5.41) is 8.02. The summed E-state index contributed by atoms with van der Waals surface area (Å²) in [6, 6.07) is 14.6. The molecule has 0 radical (unpaired) electrons. The maximum absolute atomic E-state index is 12.7. The van der Waals surface area contributed by atoms with E-state index < -0.39 is 0 Å². The van der Waals surface area contributed by atoms with E-state index in [-0.39, 0.29) is 5.91 Å². The van der Waals surface area contributed by atoms with Crippen molar-refractivity contribution < 1.29 is 14.3 Å². The van der Waals surface area contributed by atoms with E-state index in [2.05, 4.69) is 10.4 Å². The highest BCUT2D eigenvalue weighted by molar-refractivity contribution is 6.30. The minimum atomic E-state index is -0.263. The second-order valence-electron chi connectivity index (χ2n) is 6.44. The van der Waals surface area contributed by atoms with Gasteiger partial charge < -0.3 is 14.8 Å². The van der Waals surface area contributed by atoms with Gasteiger partial charge in [0.25, 0.3) is 5.91 Å². The molecule has 0 aliphatic rings. The van der Waals surface area contributed by atoms with Crippen LogP contribution in [0.25, 0.3) is 0 Å². The van der Waals surface area contributed by atoms with Crippen molar-refractivity contribution in [1.29, 1.82) is 0 Å². The number of nitrogens with one attached hydrogen (secondary N) is 1. The van der Waals surface area contributed by atoms with Gasteiger partial charge in [-0.15, -0.1) is 0 Å². The summed E-state index contributed by atoms with van der Waals surface area (Å²) in [4.78, 5) is 12.7. The van der Waals surface area contributed by atoms with Gasteiger partial charge in [0.2, 0.25) is 0 Å². The molecule has 3 aromatic rings. The van der Waals surface area contributed by atoms with Gasteiger partial charge in [0.05, 0.1) is 19.8 Å². The minimum absolute atomic E-state index is 0.263. The molecule has 152 valence electrons. The Morgan fingerprint density at radius 2 is 1.83 bits per heavy atom. The number of carbonyl (C=O) groups excluding carboxylic acids is 1. The molecule has 0 bridgehead atoms. The molecule has 3 rings (SSSR count). The Kier molecular flexibility index (Phi) is 6.77. The smallest absolute Gasteiger partial charge is 0.257 e. The van der Waals surface area contributed by atoms with E-state index in [4.69, 9.17) is 21.1 Å². The van der Waals surface area contributed by atoms with Gasteiger partial charge in [0.1, 0.15) is 0 Å². The lowest BCUT2D eigenvalue weighted by molar-refractivity contribution is 0.102. The lowest BCUT2D eigenvalue weighted by Gasteiger charge is -2.12. The number of ether oxygens (including phenoxy) is 2. The van der Waals surface area contributed by atoms with E-state index in [9.17, 15) is 4.79 Å². The molecular formula is C22H24ClN3O3. The van der Waals surface area contributed by atoms with Gasteiger partial charge in [-0.3, -0.25) is 9.48 Å². The highest BCUT2D eigenvalue weighted by atomic mass is 35.5. The predicted molar refractivity (Wildman–Crippen MR) is 114 cm³/mol. The third kappa shape index (κ3) is 5.29. The zero-order valence-corrected chi connectivity index (χ0v) is 17.5. The number of aromatic nitrogens is 2. The SMILES string of the molecule is CCOc1ccc(C(=O)Nc2cc(C)n(Cc3cccc(Cl)c3)n2)cc1OCC. The molecule has 2 aromatic carbocycles. The molecular weight excluding hydrogens is 390 g/mol. The Bertz CT molecular complexity index is 1000. The molecule has 1 amide bonds. The monoisotopic (exact) mass is 413 g/mol. The number of anilines is 1. The van der Waals surface area contributed by atoms with E-state index in [1.165, 1.54) is 0 Å². The van der Waals surface area contributed by atoms with Crippen molar-refractivity contribution in [2.75, 3.05) is 18.5 Å². The zero-order valence-electron chi connectivity index (χ0n) is 16.7. The van der Waals surface area contributed by atoms with Gasteiger partial charge in [0.15, 0.2) is 17.3 Å². The molecule has 1 N–H and O–H groups in total. The fourth-order valence-electron chi connectivity index (χ4n) is 2.92. The molecule has 0 saturated heterocycles. The highest BCUT2D eigenvalue weighted by Gasteiger charge is 2.14. The number of aryl methyl sites for hydroxylation is 1. The summed E-state index contributed by atoms with van der Waals surface area (Å²) >= 11 is 6.05. The van der Waals surface area contributed by atoms with Crippen molar-refractivity contribution in [1.82, 2.24) is 9.78 Å². The fourth-order valence-corrected chi connectivity index (χ4v) is 3.13. The maximum Gasteiger partial charge on any atom is 0.257 e. The van der Waals surface area contributed by atoms with E-state index in [1.54, 1.807) is 18.2 Å². The lowest BCUT2D eigenvalue weighted by atomic mass is 10.2. The van der Waals surface area contributed by atoms with E-state index in [0.717, 1.165) is 11.3 Å². The Morgan fingerprint density at radius 3 is 2.55 bits per heavy atom. The van der Waals surface area contributed by atoms with Gasteiger partial charge in [-0.25, -0.2) is 0 Å². The molecule has 1 aromatic heterocycles. The van der Waals surface area contributed by atoms with Crippen molar-refractivity contribution in [3.63, 3.8) is 0 Å². The molecule has 0 aliphatic carbocycles. The maximum atomic E-state index is 12.7. The zero-order chi connectivity index (χ0) is 20.8. The van der Waals surface area contributed by atoms with Gasteiger partial charge in [-0.05, 0) is 56.7 Å². The molecule has 0 unspecified atom stereocenters. The highest BCUT2D eigenvalue weighted by Crippen LogP contribution is 2.29. The second kappa shape index (κ2) is 9.47. The first-order valence-corrected chi connectivity index (χ1v) is 9.87. The number of carbonyl (C=O) groups is 1. The number of hydrogen-bond donors (Lipinski definition) is 1. The van der Waals surface area contributed by atoms with Crippen molar-refractivity contribution >= 4 is 23.3 Å². The fraction of sp³-hybridized carbons (Fsp3) is 0.273. The summed E-state index contributed by atoms with van der Waals surface area (Å²) in [6.45, 7) is 7.31. The molecule has 1 heterocycles. The van der Waals surface area contributed by atoms with Crippen LogP contribution in [-0.2, 0) is 6.54 Å². The van der Waals surface area contributed by atoms with Crippen molar-refractivity contribution in [2.45, 2.75) is 27.3 Å². The molecule has 6 nitrogen and oxygen atoms in total. The minimum Gasteiger partial charge on any atom is -0.490 e. The molecule has 0 atom stereocenters. The first-order valence-electron chi connectivity index (χ1n) is 9.50. The van der Waals surface area contributed by atoms with Crippen molar-refractivity contribution in [3.05, 3.63) is 70.4 Å². The molecule has 7 heteroatoms. The van der Waals surface area contributed by atoms with Crippen molar-refractivity contribution in [2.24, 2.45) is 0 Å². The lowest BCUT2D eigenvalue weighted by Crippen LogP contribution is -2.13. The number of halogens is 1. The third-order valence-electron chi connectivity index (χ3n) is 4.25. The van der Waals surface area contributed by atoms with Crippen LogP contribution in [0.4, 0.5) is 5.82 Å². The molecule has 0 saturated carbocycles. The average molecular weight is 414 g/mol. The Morgan fingerprint density at radius 1 is 1.07 bits per heavy atom. The standard InChI is InChI=1S/C22H24ClN3O3/c1-4-28-19-10-9-17(13-20(19)29-5-2)22(27)24-21-11-15(3)26(25-21)14-16-7-6-8-18(23)12-16/h6-13H,4-5,14H2,1-3H3,(H,24,25,27). The summed E-state index contributed by atoms with van der Waals surface area (Å²) in [5.74, 6) is 1.39. The molecule has 0 spiro atoms. The van der Waals surface area contributed by atoms with Crippen LogP contribution < -0.4 is 14.8 Å². The first-order chi connectivity index (χ1) is 14.0. The Balaban J connectivity index is 1.74. The van der Waals surface area contributed by atoms with Crippen LogP contribution in [0.2, 0.25) is 5.02 Å². The summed E-state index contributed by atoms with van der Waals surface area (Å²) in [7, 11) is 0. The predicted octanol–water partition coefficient (Wildman–Crippen LogP) is 4.94. The second-order valence-corrected chi connectivity index (χ2v) is 6.88. The Labute approximate surface area is 175 Å². The van der Waals surface area contributed by atoms with Crippen LogP contribution in [0.15, 0.2) is 48.5 Å². The van der Waals surface area contributed by atoms with Crippen LogP contribution in [0.1, 0.15) is 35.5 Å². The van der Waals surface area contributed by atoms with Gasteiger partial charge >= 0.3 is 0 Å². The van der Waals surface area contributed by atoms with E-state index in [1.807, 2.05) is 55.8 Å². The van der Waals surface area contributed by atoms with Gasteiger partial charge in [-0.2, -0.15) is 5.10 Å². The first kappa shape index (κ1) is 20.7. The number of benzene rings is 2. The largest absolute Gasteiger partial charge is 0.490 e. The number of hydrogen-bond acceptors (Lipinski definition) is 4. The van der Waals surface area contributed by atoms with E-state index in [0.29, 0.717) is 47.7 Å². The van der Waals surface area contributed by atoms with Crippen LogP contribution in [0.3, 0.4) is 0 Å². The van der Waals surface area contributed by atoms with E-state index >= 15 is 0 Å². The number of nitrogens with zero attached hydrogens (tertiary/aromatic N) is 2. The summed E-state index contributed by atoms with van der Waals surface area (Å²) < 4.78 is 13.0. The topological polar surface area (TPSA) is 65.4 Å². The molecule has 0 aliphatic heterocycles. The average Bonchev–Trinajstić information content (AvgIpc) is 3.02. The van der Waals surface area contributed by atoms with Crippen LogP contribution in [0.5, 0.6) is 11.5 Å². The summed E-state index contributed by atoms with van der Waals surface area (Å²) in [6.07, 6.45) is 0. The Hall–Kier alpha value is -2.99. The quantitative estimate of drug-likeness (QED) is 0.567. The van der Waals surface area contributed by atoms with Crippen LogP contribution in [0, 0.1) is 6.92 Å². The number of amides is 1. The molecule has 29 heavy (non-hydrogen) atoms. The molecule has 0 fully saturated rings.